The second-order valence-corrected chi connectivity index (χ2v) is 5.62. The maximum absolute atomic E-state index is 12.0. The molecule has 1 saturated heterocycles. The van der Waals surface area contributed by atoms with Crippen molar-refractivity contribution in [3.05, 3.63) is 38.9 Å². The van der Waals surface area contributed by atoms with Crippen molar-refractivity contribution in [1.29, 1.82) is 0 Å². The Morgan fingerprint density at radius 3 is 2.89 bits per heavy atom. The Bertz CT molecular complexity index is 649. The van der Waals surface area contributed by atoms with Crippen LogP contribution in [0.5, 0.6) is 0 Å². The number of benzene rings is 1. The molecule has 6 heteroatoms. The zero-order valence-electron chi connectivity index (χ0n) is 10.4. The first-order valence-electron chi connectivity index (χ1n) is 6.34. The lowest BCUT2D eigenvalue weighted by Crippen LogP contribution is -2.43. The average molecular weight is 323 g/mol. The number of piperazine rings is 1. The van der Waals surface area contributed by atoms with Gasteiger partial charge in [0.15, 0.2) is 0 Å². The molecule has 1 aliphatic rings. The van der Waals surface area contributed by atoms with Crippen LogP contribution in [0.15, 0.2) is 27.5 Å². The molecule has 1 fully saturated rings. The number of rotatable bonds is 2. The monoisotopic (exact) mass is 322 g/mol. The molecule has 1 aliphatic heterocycles. The van der Waals surface area contributed by atoms with E-state index >= 15 is 0 Å². The van der Waals surface area contributed by atoms with Crippen molar-refractivity contribution in [2.24, 2.45) is 0 Å². The first-order chi connectivity index (χ1) is 9.22. The maximum Gasteiger partial charge on any atom is 0.258 e. The topological polar surface area (TPSA) is 61.0 Å². The summed E-state index contributed by atoms with van der Waals surface area (Å²) in [5, 5.41) is 3.93. The molecule has 2 N–H and O–H groups in total. The Kier molecular flexibility index (Phi) is 3.63. The number of nitrogens with zero attached hydrogens (tertiary/aromatic N) is 2. The highest BCUT2D eigenvalue weighted by Gasteiger charge is 2.12. The average Bonchev–Trinajstić information content (AvgIpc) is 2.41. The normalized spacial score (nSPS) is 16.9. The fourth-order valence-corrected chi connectivity index (χ4v) is 2.68. The van der Waals surface area contributed by atoms with E-state index in [1.165, 1.54) is 0 Å². The molecule has 1 aromatic heterocycles. The van der Waals surface area contributed by atoms with Crippen LogP contribution in [-0.2, 0) is 6.54 Å². The second kappa shape index (κ2) is 5.40. The summed E-state index contributed by atoms with van der Waals surface area (Å²) in [7, 11) is 0. The van der Waals surface area contributed by atoms with Crippen molar-refractivity contribution < 1.29 is 0 Å². The van der Waals surface area contributed by atoms with Crippen LogP contribution in [0.1, 0.15) is 5.82 Å². The SMILES string of the molecule is O=c1[nH]c(CN2CCNCC2)nc2ccc(Br)cc12. The third-order valence-electron chi connectivity index (χ3n) is 3.30. The van der Waals surface area contributed by atoms with Crippen LogP contribution in [-0.4, -0.2) is 41.0 Å². The molecule has 19 heavy (non-hydrogen) atoms. The fourth-order valence-electron chi connectivity index (χ4n) is 2.32. The van der Waals surface area contributed by atoms with Gasteiger partial charge in [-0.2, -0.15) is 0 Å². The molecule has 0 saturated carbocycles. The first kappa shape index (κ1) is 12.8. The van der Waals surface area contributed by atoms with Gasteiger partial charge >= 0.3 is 0 Å². The van der Waals surface area contributed by atoms with Gasteiger partial charge in [-0.25, -0.2) is 4.98 Å². The van der Waals surface area contributed by atoms with Gasteiger partial charge in [-0.3, -0.25) is 9.69 Å². The van der Waals surface area contributed by atoms with Crippen LogP contribution in [0.2, 0.25) is 0 Å². The molecule has 2 heterocycles. The molecule has 0 aliphatic carbocycles. The summed E-state index contributed by atoms with van der Waals surface area (Å²) in [5.74, 6) is 0.738. The highest BCUT2D eigenvalue weighted by Crippen LogP contribution is 2.15. The van der Waals surface area contributed by atoms with Gasteiger partial charge < -0.3 is 10.3 Å². The summed E-state index contributed by atoms with van der Waals surface area (Å²) in [6.45, 7) is 4.66. The van der Waals surface area contributed by atoms with Gasteiger partial charge in [0.05, 0.1) is 17.4 Å². The highest BCUT2D eigenvalue weighted by atomic mass is 79.9. The standard InChI is InChI=1S/C13H15BrN4O/c14-9-1-2-11-10(7-9)13(19)17-12(16-11)8-18-5-3-15-4-6-18/h1-2,7,15H,3-6,8H2,(H,16,17,19). The summed E-state index contributed by atoms with van der Waals surface area (Å²) in [6, 6.07) is 5.58. The molecule has 3 rings (SSSR count). The van der Waals surface area contributed by atoms with E-state index in [1.54, 1.807) is 6.07 Å². The Morgan fingerprint density at radius 1 is 1.32 bits per heavy atom. The number of fused-ring (bicyclic) bond motifs is 1. The predicted molar refractivity (Wildman–Crippen MR) is 78.2 cm³/mol. The van der Waals surface area contributed by atoms with Crippen LogP contribution in [0.25, 0.3) is 10.9 Å². The fraction of sp³-hybridized carbons (Fsp3) is 0.385. The molecular formula is C13H15BrN4O. The van der Waals surface area contributed by atoms with E-state index in [4.69, 9.17) is 0 Å². The van der Waals surface area contributed by atoms with E-state index in [9.17, 15) is 4.79 Å². The van der Waals surface area contributed by atoms with Gasteiger partial charge in [0, 0.05) is 30.7 Å². The number of aromatic nitrogens is 2. The minimum absolute atomic E-state index is 0.0727. The summed E-state index contributed by atoms with van der Waals surface area (Å²) < 4.78 is 0.891. The number of hydrogen-bond donors (Lipinski definition) is 2. The lowest BCUT2D eigenvalue weighted by molar-refractivity contribution is 0.228. The third kappa shape index (κ3) is 2.86. The Morgan fingerprint density at radius 2 is 2.11 bits per heavy atom. The van der Waals surface area contributed by atoms with Crippen molar-refractivity contribution in [1.82, 2.24) is 20.2 Å². The second-order valence-electron chi connectivity index (χ2n) is 4.70. The Balaban J connectivity index is 1.92. The summed E-state index contributed by atoms with van der Waals surface area (Å²) in [4.78, 5) is 21.7. The summed E-state index contributed by atoms with van der Waals surface area (Å²) >= 11 is 3.37. The Labute approximate surface area is 119 Å². The van der Waals surface area contributed by atoms with E-state index in [2.05, 4.69) is 36.1 Å². The summed E-state index contributed by atoms with van der Waals surface area (Å²) in [5.41, 5.74) is 0.675. The molecule has 1 aromatic carbocycles. The van der Waals surface area contributed by atoms with E-state index < -0.39 is 0 Å². The zero-order valence-corrected chi connectivity index (χ0v) is 12.0. The molecule has 0 amide bonds. The minimum Gasteiger partial charge on any atom is -0.314 e. The maximum atomic E-state index is 12.0. The molecule has 100 valence electrons. The van der Waals surface area contributed by atoms with Gasteiger partial charge in [-0.15, -0.1) is 0 Å². The molecule has 0 bridgehead atoms. The van der Waals surface area contributed by atoms with Crippen LogP contribution >= 0.6 is 15.9 Å². The molecule has 0 atom stereocenters. The van der Waals surface area contributed by atoms with Crippen molar-refractivity contribution in [2.75, 3.05) is 26.2 Å². The number of halogens is 1. The number of H-pyrrole nitrogens is 1. The lowest BCUT2D eigenvalue weighted by Gasteiger charge is -2.26. The smallest absolute Gasteiger partial charge is 0.258 e. The Hall–Kier alpha value is -1.24. The minimum atomic E-state index is -0.0727. The molecular weight excluding hydrogens is 308 g/mol. The third-order valence-corrected chi connectivity index (χ3v) is 3.79. The molecule has 5 nitrogen and oxygen atoms in total. The van der Waals surface area contributed by atoms with Crippen molar-refractivity contribution in [2.45, 2.75) is 6.54 Å². The number of hydrogen-bond acceptors (Lipinski definition) is 4. The van der Waals surface area contributed by atoms with Crippen molar-refractivity contribution in [3.8, 4) is 0 Å². The highest BCUT2D eigenvalue weighted by molar-refractivity contribution is 9.10. The first-order valence-corrected chi connectivity index (χ1v) is 7.13. The number of aromatic amines is 1. The van der Waals surface area contributed by atoms with Gasteiger partial charge in [0.1, 0.15) is 5.82 Å². The molecule has 2 aromatic rings. The lowest BCUT2D eigenvalue weighted by atomic mass is 10.2. The van der Waals surface area contributed by atoms with Gasteiger partial charge in [-0.1, -0.05) is 15.9 Å². The van der Waals surface area contributed by atoms with Gasteiger partial charge in [0.2, 0.25) is 0 Å². The van der Waals surface area contributed by atoms with Crippen molar-refractivity contribution in [3.63, 3.8) is 0 Å². The molecule has 0 radical (unpaired) electrons. The van der Waals surface area contributed by atoms with E-state index in [-0.39, 0.29) is 5.56 Å². The van der Waals surface area contributed by atoms with E-state index in [0.29, 0.717) is 11.9 Å². The molecule has 0 unspecified atom stereocenters. The number of nitrogens with one attached hydrogen (secondary N) is 2. The summed E-state index contributed by atoms with van der Waals surface area (Å²) in [6.07, 6.45) is 0. The van der Waals surface area contributed by atoms with Gasteiger partial charge in [-0.05, 0) is 18.2 Å². The van der Waals surface area contributed by atoms with E-state index in [0.717, 1.165) is 42.0 Å². The van der Waals surface area contributed by atoms with Crippen LogP contribution in [0.4, 0.5) is 0 Å². The van der Waals surface area contributed by atoms with Crippen molar-refractivity contribution >= 4 is 26.8 Å². The largest absolute Gasteiger partial charge is 0.314 e. The van der Waals surface area contributed by atoms with Crippen LogP contribution in [0, 0.1) is 0 Å². The van der Waals surface area contributed by atoms with Crippen LogP contribution in [0.3, 0.4) is 0 Å². The van der Waals surface area contributed by atoms with Gasteiger partial charge in [0.25, 0.3) is 5.56 Å². The van der Waals surface area contributed by atoms with Crippen LogP contribution < -0.4 is 10.9 Å². The quantitative estimate of drug-likeness (QED) is 0.869. The predicted octanol–water partition coefficient (Wildman–Crippen LogP) is 1.09. The molecule has 0 spiro atoms. The zero-order chi connectivity index (χ0) is 13.2. The van der Waals surface area contributed by atoms with E-state index in [1.807, 2.05) is 12.1 Å².